The van der Waals surface area contributed by atoms with Gasteiger partial charge in [-0.05, 0) is 6.07 Å². The fourth-order valence-electron chi connectivity index (χ4n) is 1.36. The lowest BCUT2D eigenvalue weighted by molar-refractivity contribution is -0.384. The summed E-state index contributed by atoms with van der Waals surface area (Å²) in [6.07, 6.45) is 3.00. The number of rotatable bonds is 4. The minimum atomic E-state index is -0.615. The predicted octanol–water partition coefficient (Wildman–Crippen LogP) is 1.93. The van der Waals surface area contributed by atoms with Crippen LogP contribution < -0.4 is 5.32 Å². The standard InChI is InChI=1S/C10H7N5O2S/c11-5-7-1-2-13-10(9(7)15(16)17)14-6-8-12-3-4-18-8/h1-4H,6H2,(H,13,14). The van der Waals surface area contributed by atoms with Crippen molar-refractivity contribution in [3.63, 3.8) is 0 Å². The van der Waals surface area contributed by atoms with Crippen LogP contribution in [0.1, 0.15) is 10.6 Å². The molecule has 0 amide bonds. The van der Waals surface area contributed by atoms with Gasteiger partial charge < -0.3 is 5.32 Å². The average molecular weight is 261 g/mol. The second kappa shape index (κ2) is 5.20. The number of thiazole rings is 1. The van der Waals surface area contributed by atoms with Gasteiger partial charge in [0, 0.05) is 17.8 Å². The van der Waals surface area contributed by atoms with Gasteiger partial charge in [0.05, 0.1) is 11.5 Å². The van der Waals surface area contributed by atoms with Crippen LogP contribution in [-0.4, -0.2) is 14.9 Å². The molecule has 0 aliphatic carbocycles. The van der Waals surface area contributed by atoms with Crippen LogP contribution in [0, 0.1) is 21.4 Å². The molecule has 0 spiro atoms. The van der Waals surface area contributed by atoms with Gasteiger partial charge in [-0.25, -0.2) is 9.97 Å². The highest BCUT2D eigenvalue weighted by atomic mass is 32.1. The van der Waals surface area contributed by atoms with Gasteiger partial charge in [-0.3, -0.25) is 10.1 Å². The summed E-state index contributed by atoms with van der Waals surface area (Å²) < 4.78 is 0. The van der Waals surface area contributed by atoms with Crippen molar-refractivity contribution in [3.8, 4) is 6.07 Å². The minimum Gasteiger partial charge on any atom is -0.358 e. The monoisotopic (exact) mass is 261 g/mol. The minimum absolute atomic E-state index is 0.0170. The SMILES string of the molecule is N#Cc1ccnc(NCc2nccs2)c1[N+](=O)[O-]. The molecular weight excluding hydrogens is 254 g/mol. The van der Waals surface area contributed by atoms with Crippen LogP contribution in [0.3, 0.4) is 0 Å². The summed E-state index contributed by atoms with van der Waals surface area (Å²) in [7, 11) is 0. The lowest BCUT2D eigenvalue weighted by Gasteiger charge is -2.04. The van der Waals surface area contributed by atoms with E-state index >= 15 is 0 Å². The Labute approximate surface area is 106 Å². The molecule has 0 unspecified atom stereocenters. The molecule has 0 aromatic carbocycles. The topological polar surface area (TPSA) is 105 Å². The normalized spacial score (nSPS) is 9.72. The molecule has 0 saturated carbocycles. The first-order valence-electron chi connectivity index (χ1n) is 4.88. The molecule has 1 N–H and O–H groups in total. The predicted molar refractivity (Wildman–Crippen MR) is 65.0 cm³/mol. The molecule has 7 nitrogen and oxygen atoms in total. The van der Waals surface area contributed by atoms with Crippen molar-refractivity contribution in [1.29, 1.82) is 5.26 Å². The van der Waals surface area contributed by atoms with Gasteiger partial charge in [-0.2, -0.15) is 5.26 Å². The number of hydrogen-bond acceptors (Lipinski definition) is 7. The Morgan fingerprint density at radius 2 is 2.33 bits per heavy atom. The first-order chi connectivity index (χ1) is 8.72. The fourth-order valence-corrected chi connectivity index (χ4v) is 1.91. The number of hydrogen-bond donors (Lipinski definition) is 1. The summed E-state index contributed by atoms with van der Waals surface area (Å²) >= 11 is 1.43. The van der Waals surface area contributed by atoms with Crippen molar-refractivity contribution in [2.75, 3.05) is 5.32 Å². The van der Waals surface area contributed by atoms with Crippen molar-refractivity contribution in [2.24, 2.45) is 0 Å². The summed E-state index contributed by atoms with van der Waals surface area (Å²) in [6, 6.07) is 3.09. The third-order valence-corrected chi connectivity index (χ3v) is 2.90. The molecule has 8 heteroatoms. The van der Waals surface area contributed by atoms with E-state index in [4.69, 9.17) is 5.26 Å². The Morgan fingerprint density at radius 3 is 2.94 bits per heavy atom. The van der Waals surface area contributed by atoms with Crippen molar-refractivity contribution < 1.29 is 4.92 Å². The van der Waals surface area contributed by atoms with E-state index in [1.807, 2.05) is 5.38 Å². The van der Waals surface area contributed by atoms with Gasteiger partial charge in [0.25, 0.3) is 0 Å². The Balaban J connectivity index is 2.27. The van der Waals surface area contributed by atoms with Crippen molar-refractivity contribution in [1.82, 2.24) is 9.97 Å². The highest BCUT2D eigenvalue weighted by Gasteiger charge is 2.20. The van der Waals surface area contributed by atoms with Crippen LogP contribution in [0.4, 0.5) is 11.5 Å². The van der Waals surface area contributed by atoms with Crippen molar-refractivity contribution >= 4 is 22.8 Å². The van der Waals surface area contributed by atoms with E-state index in [0.717, 1.165) is 5.01 Å². The molecule has 18 heavy (non-hydrogen) atoms. The lowest BCUT2D eigenvalue weighted by Crippen LogP contribution is -2.05. The fraction of sp³-hybridized carbons (Fsp3) is 0.100. The zero-order valence-electron chi connectivity index (χ0n) is 9.03. The second-order valence-electron chi connectivity index (χ2n) is 3.20. The number of nitro groups is 1. The molecule has 2 aromatic heterocycles. The maximum Gasteiger partial charge on any atom is 0.328 e. The molecule has 0 bridgehead atoms. The molecule has 2 rings (SSSR count). The molecule has 0 saturated heterocycles. The maximum absolute atomic E-state index is 10.9. The maximum atomic E-state index is 10.9. The third-order valence-electron chi connectivity index (χ3n) is 2.12. The number of nitriles is 1. The molecule has 0 fully saturated rings. The van der Waals surface area contributed by atoms with Crippen LogP contribution in [0.15, 0.2) is 23.8 Å². The molecule has 0 radical (unpaired) electrons. The van der Waals surface area contributed by atoms with Crippen LogP contribution in [0.25, 0.3) is 0 Å². The molecule has 0 aliphatic rings. The number of nitrogens with zero attached hydrogens (tertiary/aromatic N) is 4. The summed E-state index contributed by atoms with van der Waals surface area (Å²) in [6.45, 7) is 0.334. The Kier molecular flexibility index (Phi) is 3.45. The van der Waals surface area contributed by atoms with E-state index in [1.165, 1.54) is 23.6 Å². The van der Waals surface area contributed by atoms with E-state index in [1.54, 1.807) is 12.3 Å². The quantitative estimate of drug-likeness (QED) is 0.666. The van der Waals surface area contributed by atoms with E-state index in [-0.39, 0.29) is 17.1 Å². The van der Waals surface area contributed by atoms with Gasteiger partial charge in [-0.15, -0.1) is 11.3 Å². The number of nitrogens with one attached hydrogen (secondary N) is 1. The Morgan fingerprint density at radius 1 is 1.50 bits per heavy atom. The summed E-state index contributed by atoms with van der Waals surface area (Å²) in [5, 5.41) is 25.2. The smallest absolute Gasteiger partial charge is 0.328 e. The largest absolute Gasteiger partial charge is 0.358 e. The molecule has 2 heterocycles. The summed E-state index contributed by atoms with van der Waals surface area (Å²) in [5.41, 5.74) is -0.326. The van der Waals surface area contributed by atoms with Crippen LogP contribution in [0.2, 0.25) is 0 Å². The van der Waals surface area contributed by atoms with E-state index in [2.05, 4.69) is 15.3 Å². The first-order valence-corrected chi connectivity index (χ1v) is 5.76. The zero-order chi connectivity index (χ0) is 13.0. The van der Waals surface area contributed by atoms with Crippen molar-refractivity contribution in [2.45, 2.75) is 6.54 Å². The molecule has 2 aromatic rings. The van der Waals surface area contributed by atoms with Crippen LogP contribution >= 0.6 is 11.3 Å². The summed E-state index contributed by atoms with van der Waals surface area (Å²) in [4.78, 5) is 18.2. The van der Waals surface area contributed by atoms with Crippen LogP contribution in [-0.2, 0) is 6.54 Å². The highest BCUT2D eigenvalue weighted by molar-refractivity contribution is 7.09. The van der Waals surface area contributed by atoms with E-state index in [9.17, 15) is 10.1 Å². The van der Waals surface area contributed by atoms with Gasteiger partial charge in [0.1, 0.15) is 16.6 Å². The molecule has 0 atom stereocenters. The molecular formula is C10H7N5O2S. The van der Waals surface area contributed by atoms with Gasteiger partial charge in [0.15, 0.2) is 0 Å². The van der Waals surface area contributed by atoms with Gasteiger partial charge in [-0.1, -0.05) is 0 Å². The highest BCUT2D eigenvalue weighted by Crippen LogP contribution is 2.26. The van der Waals surface area contributed by atoms with Crippen molar-refractivity contribution in [3.05, 3.63) is 44.5 Å². The average Bonchev–Trinajstić information content (AvgIpc) is 2.88. The second-order valence-corrected chi connectivity index (χ2v) is 4.18. The number of pyridine rings is 1. The van der Waals surface area contributed by atoms with Gasteiger partial charge in [0.2, 0.25) is 5.82 Å². The van der Waals surface area contributed by atoms with Crippen LogP contribution in [0.5, 0.6) is 0 Å². The molecule has 90 valence electrons. The lowest BCUT2D eigenvalue weighted by atomic mass is 10.2. The molecule has 0 aliphatic heterocycles. The van der Waals surface area contributed by atoms with Gasteiger partial charge >= 0.3 is 5.69 Å². The Bertz CT molecular complexity index is 605. The number of anilines is 1. The summed E-state index contributed by atoms with van der Waals surface area (Å²) in [5.74, 6) is 0.0780. The third kappa shape index (κ3) is 2.41. The Hall–Kier alpha value is -2.53. The van der Waals surface area contributed by atoms with E-state index < -0.39 is 4.92 Å². The first kappa shape index (κ1) is 11.9. The number of aromatic nitrogens is 2. The van der Waals surface area contributed by atoms with E-state index in [0.29, 0.717) is 6.54 Å². The zero-order valence-corrected chi connectivity index (χ0v) is 9.85.